The second-order valence-electron chi connectivity index (χ2n) is 6.18. The SMILES string of the molecule is CCCCCCC(O)CCCCCCCCCCC[O]. The van der Waals surface area contributed by atoms with Crippen molar-refractivity contribution in [1.82, 2.24) is 0 Å². The summed E-state index contributed by atoms with van der Waals surface area (Å²) in [5.74, 6) is 0. The first kappa shape index (κ1) is 19.9. The molecule has 0 heterocycles. The number of hydrogen-bond donors (Lipinski definition) is 1. The van der Waals surface area contributed by atoms with E-state index < -0.39 is 0 Å². The van der Waals surface area contributed by atoms with Crippen LogP contribution in [-0.4, -0.2) is 17.8 Å². The molecule has 1 radical (unpaired) electrons. The molecule has 1 N–H and O–H groups in total. The van der Waals surface area contributed by atoms with Gasteiger partial charge >= 0.3 is 0 Å². The lowest BCUT2D eigenvalue weighted by atomic mass is 10.0. The third kappa shape index (κ3) is 16.0. The zero-order valence-corrected chi connectivity index (χ0v) is 13.7. The molecule has 0 rings (SSSR count). The minimum Gasteiger partial charge on any atom is -0.393 e. The molecule has 1 atom stereocenters. The smallest absolute Gasteiger partial charge is 0.0822 e. The summed E-state index contributed by atoms with van der Waals surface area (Å²) in [6.45, 7) is 2.32. The van der Waals surface area contributed by atoms with Crippen LogP contribution in [0.25, 0.3) is 0 Å². The quantitative estimate of drug-likeness (QED) is 0.366. The third-order valence-electron chi connectivity index (χ3n) is 4.07. The van der Waals surface area contributed by atoms with E-state index in [2.05, 4.69) is 6.92 Å². The van der Waals surface area contributed by atoms with Gasteiger partial charge in [0.2, 0.25) is 0 Å². The standard InChI is InChI=1S/C18H37O2/c1-2-3-4-12-15-18(20)16-13-10-8-6-5-7-9-11-14-17-19/h18,20H,2-17H2,1H3. The van der Waals surface area contributed by atoms with Gasteiger partial charge in [0.1, 0.15) is 0 Å². The van der Waals surface area contributed by atoms with Crippen molar-refractivity contribution >= 4 is 0 Å². The Labute approximate surface area is 127 Å². The molecule has 0 bridgehead atoms. The van der Waals surface area contributed by atoms with Crippen molar-refractivity contribution < 1.29 is 10.2 Å². The average molecular weight is 285 g/mol. The van der Waals surface area contributed by atoms with Gasteiger partial charge < -0.3 is 5.11 Å². The normalized spacial score (nSPS) is 12.8. The zero-order valence-electron chi connectivity index (χ0n) is 13.7. The van der Waals surface area contributed by atoms with Crippen molar-refractivity contribution in [2.24, 2.45) is 0 Å². The molecule has 121 valence electrons. The lowest BCUT2D eigenvalue weighted by Gasteiger charge is -2.10. The molecule has 2 heteroatoms. The number of aliphatic hydroxyl groups is 1. The van der Waals surface area contributed by atoms with Crippen molar-refractivity contribution in [2.75, 3.05) is 6.61 Å². The fourth-order valence-electron chi connectivity index (χ4n) is 2.67. The van der Waals surface area contributed by atoms with Crippen molar-refractivity contribution in [3.8, 4) is 0 Å². The molecule has 2 nitrogen and oxygen atoms in total. The number of rotatable bonds is 16. The van der Waals surface area contributed by atoms with Crippen LogP contribution in [0.2, 0.25) is 0 Å². The fraction of sp³-hybridized carbons (Fsp3) is 1.00. The number of unbranched alkanes of at least 4 members (excludes halogenated alkanes) is 11. The first-order chi connectivity index (χ1) is 9.81. The van der Waals surface area contributed by atoms with Gasteiger partial charge in [0, 0.05) is 0 Å². The van der Waals surface area contributed by atoms with E-state index in [9.17, 15) is 10.2 Å². The van der Waals surface area contributed by atoms with Crippen LogP contribution in [0.1, 0.15) is 103 Å². The van der Waals surface area contributed by atoms with E-state index in [0.717, 1.165) is 25.7 Å². The average Bonchev–Trinajstić information content (AvgIpc) is 2.45. The van der Waals surface area contributed by atoms with Gasteiger partial charge in [0.25, 0.3) is 0 Å². The van der Waals surface area contributed by atoms with Crippen LogP contribution in [0, 0.1) is 0 Å². The van der Waals surface area contributed by atoms with Crippen LogP contribution in [-0.2, 0) is 5.11 Å². The molecule has 0 saturated carbocycles. The van der Waals surface area contributed by atoms with Crippen LogP contribution >= 0.6 is 0 Å². The summed E-state index contributed by atoms with van der Waals surface area (Å²) in [4.78, 5) is 0. The van der Waals surface area contributed by atoms with Gasteiger partial charge in [-0.05, 0) is 19.3 Å². The molecule has 0 aliphatic carbocycles. The Morgan fingerprint density at radius 3 is 1.50 bits per heavy atom. The van der Waals surface area contributed by atoms with E-state index in [4.69, 9.17) is 0 Å². The molecule has 0 amide bonds. The van der Waals surface area contributed by atoms with Gasteiger partial charge in [-0.2, -0.15) is 0 Å². The van der Waals surface area contributed by atoms with Gasteiger partial charge in [0.05, 0.1) is 12.7 Å². The first-order valence-corrected chi connectivity index (χ1v) is 9.07. The summed E-state index contributed by atoms with van der Waals surface area (Å²) in [5, 5.41) is 20.1. The molecule has 1 unspecified atom stereocenters. The molecule has 0 saturated heterocycles. The van der Waals surface area contributed by atoms with E-state index in [0.29, 0.717) is 0 Å². The van der Waals surface area contributed by atoms with Crippen molar-refractivity contribution in [2.45, 2.75) is 109 Å². The van der Waals surface area contributed by atoms with E-state index in [1.807, 2.05) is 0 Å². The highest BCUT2D eigenvalue weighted by atomic mass is 16.3. The molecular formula is C18H37O2. The maximum atomic E-state index is 10.3. The minimum atomic E-state index is -0.0565. The van der Waals surface area contributed by atoms with E-state index in [-0.39, 0.29) is 12.7 Å². The van der Waals surface area contributed by atoms with Crippen molar-refractivity contribution in [1.29, 1.82) is 0 Å². The fourth-order valence-corrected chi connectivity index (χ4v) is 2.67. The third-order valence-corrected chi connectivity index (χ3v) is 4.07. The Morgan fingerprint density at radius 1 is 0.650 bits per heavy atom. The molecule has 0 aliphatic rings. The summed E-state index contributed by atoms with van der Waals surface area (Å²) in [6.07, 6.45) is 17.9. The Kier molecular flexibility index (Phi) is 16.9. The Balaban J connectivity index is 3.07. The molecule has 0 spiro atoms. The predicted molar refractivity (Wildman–Crippen MR) is 86.5 cm³/mol. The van der Waals surface area contributed by atoms with Gasteiger partial charge in [-0.3, -0.25) is 0 Å². The maximum Gasteiger partial charge on any atom is 0.0822 e. The molecule has 0 aromatic rings. The maximum absolute atomic E-state index is 10.3. The number of hydrogen-bond acceptors (Lipinski definition) is 1. The van der Waals surface area contributed by atoms with E-state index >= 15 is 0 Å². The molecule has 20 heavy (non-hydrogen) atoms. The van der Waals surface area contributed by atoms with Crippen LogP contribution in [0.3, 0.4) is 0 Å². The highest BCUT2D eigenvalue weighted by Gasteiger charge is 2.03. The molecule has 0 fully saturated rings. The summed E-state index contributed by atoms with van der Waals surface area (Å²) in [5.41, 5.74) is 0. The monoisotopic (exact) mass is 285 g/mol. The second kappa shape index (κ2) is 17.0. The largest absolute Gasteiger partial charge is 0.393 e. The van der Waals surface area contributed by atoms with Crippen molar-refractivity contribution in [3.63, 3.8) is 0 Å². The Morgan fingerprint density at radius 2 is 1.05 bits per heavy atom. The first-order valence-electron chi connectivity index (χ1n) is 9.07. The summed E-state index contributed by atoms with van der Waals surface area (Å²) in [6, 6.07) is 0. The molecule has 0 aromatic carbocycles. The molecule has 0 aromatic heterocycles. The van der Waals surface area contributed by atoms with Crippen LogP contribution in [0.4, 0.5) is 0 Å². The lowest BCUT2D eigenvalue weighted by Crippen LogP contribution is -2.05. The highest BCUT2D eigenvalue weighted by Crippen LogP contribution is 2.14. The summed E-state index contributed by atoms with van der Waals surface area (Å²) in [7, 11) is 0. The van der Waals surface area contributed by atoms with E-state index in [1.54, 1.807) is 0 Å². The Hall–Kier alpha value is -0.0800. The molecular weight excluding hydrogens is 248 g/mol. The van der Waals surface area contributed by atoms with Gasteiger partial charge in [-0.1, -0.05) is 84.0 Å². The van der Waals surface area contributed by atoms with Gasteiger partial charge in [-0.15, -0.1) is 0 Å². The van der Waals surface area contributed by atoms with Gasteiger partial charge in [0.15, 0.2) is 0 Å². The second-order valence-corrected chi connectivity index (χ2v) is 6.18. The van der Waals surface area contributed by atoms with Crippen LogP contribution in [0.5, 0.6) is 0 Å². The molecule has 0 aliphatic heterocycles. The highest BCUT2D eigenvalue weighted by molar-refractivity contribution is 4.57. The van der Waals surface area contributed by atoms with Crippen LogP contribution in [0.15, 0.2) is 0 Å². The van der Waals surface area contributed by atoms with Crippen LogP contribution < -0.4 is 0 Å². The zero-order chi connectivity index (χ0) is 14.9. The summed E-state index contributed by atoms with van der Waals surface area (Å²) >= 11 is 0. The minimum absolute atomic E-state index is 0.0565. The lowest BCUT2D eigenvalue weighted by molar-refractivity contribution is 0.147. The Bertz CT molecular complexity index is 171. The topological polar surface area (TPSA) is 40.1 Å². The van der Waals surface area contributed by atoms with Gasteiger partial charge in [-0.25, -0.2) is 5.11 Å². The summed E-state index contributed by atoms with van der Waals surface area (Å²) < 4.78 is 0. The van der Waals surface area contributed by atoms with E-state index in [1.165, 1.54) is 70.6 Å². The number of aliphatic hydroxyl groups excluding tert-OH is 1. The predicted octanol–water partition coefficient (Wildman–Crippen LogP) is 5.65. The van der Waals surface area contributed by atoms with Crippen molar-refractivity contribution in [3.05, 3.63) is 0 Å².